The average molecular weight is 296 g/mol. The third-order valence-electron chi connectivity index (χ3n) is 3.78. The first-order valence-electron chi connectivity index (χ1n) is 6.45. The lowest BCUT2D eigenvalue weighted by molar-refractivity contribution is -0.149. The van der Waals surface area contributed by atoms with Crippen LogP contribution in [0.15, 0.2) is 0 Å². The SMILES string of the molecule is CCN(CC(F)(F)F)C(=O)NC1CCCC1(C)C(=O)O. The number of hydrogen-bond donors (Lipinski definition) is 2. The van der Waals surface area contributed by atoms with E-state index in [0.29, 0.717) is 24.2 Å². The van der Waals surface area contributed by atoms with Crippen molar-refractivity contribution in [1.29, 1.82) is 0 Å². The van der Waals surface area contributed by atoms with Gasteiger partial charge in [0.15, 0.2) is 0 Å². The number of carbonyl (C=O) groups is 2. The van der Waals surface area contributed by atoms with E-state index in [1.807, 2.05) is 0 Å². The molecule has 0 aromatic carbocycles. The fourth-order valence-corrected chi connectivity index (χ4v) is 2.44. The summed E-state index contributed by atoms with van der Waals surface area (Å²) in [6.45, 7) is 1.51. The molecule has 1 aliphatic rings. The van der Waals surface area contributed by atoms with Crippen LogP contribution >= 0.6 is 0 Å². The van der Waals surface area contributed by atoms with Crippen molar-refractivity contribution in [2.45, 2.75) is 45.3 Å². The van der Waals surface area contributed by atoms with Crippen molar-refractivity contribution in [2.24, 2.45) is 5.41 Å². The van der Waals surface area contributed by atoms with Crippen molar-refractivity contribution in [3.63, 3.8) is 0 Å². The summed E-state index contributed by atoms with van der Waals surface area (Å²) in [7, 11) is 0. The Morgan fingerprint density at radius 2 is 2.05 bits per heavy atom. The van der Waals surface area contributed by atoms with Crippen molar-refractivity contribution in [3.05, 3.63) is 0 Å². The maximum Gasteiger partial charge on any atom is 0.406 e. The van der Waals surface area contributed by atoms with Gasteiger partial charge >= 0.3 is 18.2 Å². The second kappa shape index (κ2) is 5.88. The molecule has 1 aliphatic carbocycles. The third-order valence-corrected chi connectivity index (χ3v) is 3.78. The highest BCUT2D eigenvalue weighted by molar-refractivity contribution is 5.79. The topological polar surface area (TPSA) is 69.6 Å². The molecule has 8 heteroatoms. The molecule has 5 nitrogen and oxygen atoms in total. The summed E-state index contributed by atoms with van der Waals surface area (Å²) in [6, 6.07) is -1.51. The molecule has 0 bridgehead atoms. The van der Waals surface area contributed by atoms with Crippen molar-refractivity contribution >= 4 is 12.0 Å². The maximum absolute atomic E-state index is 12.3. The highest BCUT2D eigenvalue weighted by Gasteiger charge is 2.46. The predicted octanol–water partition coefficient (Wildman–Crippen LogP) is 2.22. The lowest BCUT2D eigenvalue weighted by atomic mass is 9.85. The minimum absolute atomic E-state index is 0.0954. The van der Waals surface area contributed by atoms with Crippen molar-refractivity contribution in [1.82, 2.24) is 10.2 Å². The quantitative estimate of drug-likeness (QED) is 0.835. The summed E-state index contributed by atoms with van der Waals surface area (Å²) >= 11 is 0. The molecular weight excluding hydrogens is 277 g/mol. The third kappa shape index (κ3) is 3.77. The summed E-state index contributed by atoms with van der Waals surface area (Å²) in [5.74, 6) is -1.04. The van der Waals surface area contributed by atoms with Gasteiger partial charge in [0.2, 0.25) is 0 Å². The predicted molar refractivity (Wildman–Crippen MR) is 65.2 cm³/mol. The number of nitrogens with zero attached hydrogens (tertiary/aromatic N) is 1. The van der Waals surface area contributed by atoms with Crippen molar-refractivity contribution in [3.8, 4) is 0 Å². The number of carboxylic acid groups (broad SMARTS) is 1. The molecule has 0 spiro atoms. The number of hydrogen-bond acceptors (Lipinski definition) is 2. The van der Waals surface area contributed by atoms with Crippen LogP contribution in [0.25, 0.3) is 0 Å². The van der Waals surface area contributed by atoms with E-state index in [9.17, 15) is 27.9 Å². The molecule has 0 aliphatic heterocycles. The van der Waals surface area contributed by atoms with Gasteiger partial charge in [-0.15, -0.1) is 0 Å². The second-order valence-electron chi connectivity index (χ2n) is 5.25. The summed E-state index contributed by atoms with van der Waals surface area (Å²) < 4.78 is 37.0. The van der Waals surface area contributed by atoms with Gasteiger partial charge < -0.3 is 15.3 Å². The van der Waals surface area contributed by atoms with Crippen LogP contribution in [0.4, 0.5) is 18.0 Å². The number of aliphatic carboxylic acids is 1. The molecule has 0 saturated heterocycles. The summed E-state index contributed by atoms with van der Waals surface area (Å²) in [5.41, 5.74) is -1.12. The molecule has 2 atom stereocenters. The molecule has 20 heavy (non-hydrogen) atoms. The van der Waals surface area contributed by atoms with Gasteiger partial charge in [0.05, 0.1) is 5.41 Å². The van der Waals surface area contributed by atoms with E-state index in [1.54, 1.807) is 0 Å². The first-order chi connectivity index (χ1) is 9.10. The van der Waals surface area contributed by atoms with E-state index in [2.05, 4.69) is 5.32 Å². The Labute approximate surface area is 115 Å². The van der Waals surface area contributed by atoms with Crippen LogP contribution in [-0.2, 0) is 4.79 Å². The summed E-state index contributed by atoms with van der Waals surface area (Å²) in [6.07, 6.45) is -2.99. The Balaban J connectivity index is 2.71. The molecule has 1 rings (SSSR count). The van der Waals surface area contributed by atoms with Gasteiger partial charge in [0.25, 0.3) is 0 Å². The minimum Gasteiger partial charge on any atom is -0.481 e. The summed E-state index contributed by atoms with van der Waals surface area (Å²) in [4.78, 5) is 23.7. The Bertz CT molecular complexity index is 387. The number of carbonyl (C=O) groups excluding carboxylic acids is 1. The van der Waals surface area contributed by atoms with E-state index in [1.165, 1.54) is 13.8 Å². The van der Waals surface area contributed by atoms with Crippen LogP contribution in [-0.4, -0.2) is 47.3 Å². The van der Waals surface area contributed by atoms with Gasteiger partial charge in [-0.25, -0.2) is 4.79 Å². The van der Waals surface area contributed by atoms with Crippen LogP contribution in [0.2, 0.25) is 0 Å². The average Bonchev–Trinajstić information content (AvgIpc) is 2.68. The van der Waals surface area contributed by atoms with Gasteiger partial charge in [-0.05, 0) is 26.7 Å². The summed E-state index contributed by atoms with van der Waals surface area (Å²) in [5, 5.41) is 11.6. The molecule has 116 valence electrons. The van der Waals surface area contributed by atoms with Crippen molar-refractivity contribution in [2.75, 3.05) is 13.1 Å². The molecule has 0 aromatic heterocycles. The van der Waals surface area contributed by atoms with Crippen LogP contribution < -0.4 is 5.32 Å². The van der Waals surface area contributed by atoms with E-state index >= 15 is 0 Å². The number of urea groups is 1. The fraction of sp³-hybridized carbons (Fsp3) is 0.833. The highest BCUT2D eigenvalue weighted by atomic mass is 19.4. The number of carboxylic acids is 1. The zero-order chi connectivity index (χ0) is 15.6. The molecule has 1 fully saturated rings. The smallest absolute Gasteiger partial charge is 0.406 e. The Morgan fingerprint density at radius 3 is 2.50 bits per heavy atom. The van der Waals surface area contributed by atoms with Crippen LogP contribution in [0.3, 0.4) is 0 Å². The van der Waals surface area contributed by atoms with E-state index < -0.39 is 36.2 Å². The standard InChI is InChI=1S/C12H19F3N2O3/c1-3-17(7-12(13,14)15)10(20)16-8-5-4-6-11(8,2)9(18)19/h8H,3-7H2,1-2H3,(H,16,20)(H,18,19). The van der Waals surface area contributed by atoms with Crippen LogP contribution in [0.1, 0.15) is 33.1 Å². The number of nitrogens with one attached hydrogen (secondary N) is 1. The largest absolute Gasteiger partial charge is 0.481 e. The van der Waals surface area contributed by atoms with Gasteiger partial charge in [-0.1, -0.05) is 6.42 Å². The van der Waals surface area contributed by atoms with Gasteiger partial charge in [0, 0.05) is 12.6 Å². The molecule has 2 N–H and O–H groups in total. The monoisotopic (exact) mass is 296 g/mol. The molecule has 0 heterocycles. The number of alkyl halides is 3. The lowest BCUT2D eigenvalue weighted by Crippen LogP contribution is -2.52. The van der Waals surface area contributed by atoms with Gasteiger partial charge in [-0.2, -0.15) is 13.2 Å². The van der Waals surface area contributed by atoms with E-state index in [4.69, 9.17) is 0 Å². The number of amides is 2. The molecular formula is C12H19F3N2O3. The van der Waals surface area contributed by atoms with Gasteiger partial charge in [-0.3, -0.25) is 4.79 Å². The highest BCUT2D eigenvalue weighted by Crippen LogP contribution is 2.38. The molecule has 2 unspecified atom stereocenters. The molecule has 2 amide bonds. The first-order valence-corrected chi connectivity index (χ1v) is 6.45. The lowest BCUT2D eigenvalue weighted by Gasteiger charge is -2.30. The van der Waals surface area contributed by atoms with Crippen molar-refractivity contribution < 1.29 is 27.9 Å². The Kier molecular flexibility index (Phi) is 4.88. The number of rotatable bonds is 4. The van der Waals surface area contributed by atoms with E-state index in [-0.39, 0.29) is 6.54 Å². The maximum atomic E-state index is 12.3. The van der Waals surface area contributed by atoms with Crippen LogP contribution in [0, 0.1) is 5.41 Å². The molecule has 0 radical (unpaired) electrons. The normalized spacial score (nSPS) is 26.4. The molecule has 1 saturated carbocycles. The minimum atomic E-state index is -4.47. The first kappa shape index (κ1) is 16.6. The Morgan fingerprint density at radius 1 is 1.45 bits per heavy atom. The zero-order valence-electron chi connectivity index (χ0n) is 11.5. The van der Waals surface area contributed by atoms with E-state index in [0.717, 1.165) is 0 Å². The fourth-order valence-electron chi connectivity index (χ4n) is 2.44. The Hall–Kier alpha value is -1.47. The number of halogens is 3. The van der Waals surface area contributed by atoms with Crippen LogP contribution in [0.5, 0.6) is 0 Å². The van der Waals surface area contributed by atoms with Gasteiger partial charge in [0.1, 0.15) is 6.54 Å². The second-order valence-corrected chi connectivity index (χ2v) is 5.25. The molecule has 0 aromatic rings. The zero-order valence-corrected chi connectivity index (χ0v) is 11.5.